The quantitative estimate of drug-likeness (QED) is 0.304. The molecular formula is C34H33N7O3. The van der Waals surface area contributed by atoms with E-state index >= 15 is 0 Å². The molecule has 1 aliphatic rings. The fourth-order valence-corrected chi connectivity index (χ4v) is 6.05. The number of hydrogen-bond donors (Lipinski definition) is 2. The molecule has 5 aromatic heterocycles. The fourth-order valence-electron chi connectivity index (χ4n) is 6.05. The maximum Gasteiger partial charge on any atom is 0.274 e. The third-order valence-corrected chi connectivity index (χ3v) is 8.49. The SMILES string of the molecule is CN1CCN(c2ccc(Nc3cc(-c4cccc(-n5ccc6c(cc7ccccn76)c5=O)c4CO)cn(C)c3=O)nc2)CC1. The van der Waals surface area contributed by atoms with Crippen LogP contribution in [0.15, 0.2) is 101 Å². The van der Waals surface area contributed by atoms with Crippen LogP contribution in [0.3, 0.4) is 0 Å². The Labute approximate surface area is 253 Å². The van der Waals surface area contributed by atoms with Gasteiger partial charge in [0.25, 0.3) is 11.1 Å². The molecule has 1 fully saturated rings. The Morgan fingerprint density at radius 2 is 1.73 bits per heavy atom. The van der Waals surface area contributed by atoms with Crippen LogP contribution >= 0.6 is 0 Å². The molecule has 0 radical (unpaired) electrons. The first-order valence-electron chi connectivity index (χ1n) is 14.6. The Kier molecular flexibility index (Phi) is 7.00. The molecule has 0 unspecified atom stereocenters. The number of aliphatic hydroxyl groups is 1. The zero-order chi connectivity index (χ0) is 30.4. The minimum Gasteiger partial charge on any atom is -0.392 e. The third-order valence-electron chi connectivity index (χ3n) is 8.49. The number of aryl methyl sites for hydroxylation is 1. The van der Waals surface area contributed by atoms with Crippen molar-refractivity contribution in [2.24, 2.45) is 7.05 Å². The van der Waals surface area contributed by atoms with Gasteiger partial charge in [0.1, 0.15) is 11.5 Å². The maximum absolute atomic E-state index is 13.7. The van der Waals surface area contributed by atoms with Crippen molar-refractivity contribution in [3.05, 3.63) is 118 Å². The second-order valence-corrected chi connectivity index (χ2v) is 11.3. The number of benzene rings is 1. The minimum absolute atomic E-state index is 0.174. The van der Waals surface area contributed by atoms with Crippen LogP contribution in [0.4, 0.5) is 17.2 Å². The molecule has 2 N–H and O–H groups in total. The van der Waals surface area contributed by atoms with E-state index in [4.69, 9.17) is 0 Å². The highest BCUT2D eigenvalue weighted by Gasteiger charge is 2.18. The maximum atomic E-state index is 13.7. The van der Waals surface area contributed by atoms with Crippen LogP contribution in [0.1, 0.15) is 5.56 Å². The van der Waals surface area contributed by atoms with E-state index in [1.165, 1.54) is 4.57 Å². The van der Waals surface area contributed by atoms with Crippen LogP contribution in [0.5, 0.6) is 0 Å². The van der Waals surface area contributed by atoms with E-state index in [1.807, 2.05) is 77.5 Å². The second-order valence-electron chi connectivity index (χ2n) is 11.3. The van der Waals surface area contributed by atoms with Crippen LogP contribution in [0.25, 0.3) is 33.2 Å². The second kappa shape index (κ2) is 11.1. The molecule has 0 saturated carbocycles. The number of pyridine rings is 4. The largest absolute Gasteiger partial charge is 0.392 e. The van der Waals surface area contributed by atoms with Gasteiger partial charge in [-0.3, -0.25) is 14.2 Å². The van der Waals surface area contributed by atoms with Gasteiger partial charge in [-0.05, 0) is 61.1 Å². The standard InChI is InChI=1S/C34H33N7O3/c1-37-14-16-39(17-15-37)25-9-10-32(35-20-25)36-29-18-23(21-38(2)34(29)44)26-7-5-8-30(28(26)22-42)41-13-11-31-27(33(41)43)19-24-6-3-4-12-40(24)31/h3-13,18-21,42H,14-17,22H2,1-2H3,(H,35,36). The van der Waals surface area contributed by atoms with Crippen LogP contribution < -0.4 is 21.3 Å². The molecule has 10 heteroatoms. The molecule has 0 atom stereocenters. The van der Waals surface area contributed by atoms with E-state index in [0.29, 0.717) is 28.1 Å². The first-order chi connectivity index (χ1) is 21.4. The first-order valence-corrected chi connectivity index (χ1v) is 14.6. The Morgan fingerprint density at radius 3 is 2.50 bits per heavy atom. The number of nitrogens with one attached hydrogen (secondary N) is 1. The molecule has 7 rings (SSSR count). The summed E-state index contributed by atoms with van der Waals surface area (Å²) in [5.41, 5.74) is 5.39. The van der Waals surface area contributed by atoms with E-state index < -0.39 is 0 Å². The lowest BCUT2D eigenvalue weighted by atomic mass is 9.99. The van der Waals surface area contributed by atoms with E-state index in [0.717, 1.165) is 54.0 Å². The molecule has 1 saturated heterocycles. The van der Waals surface area contributed by atoms with Gasteiger partial charge in [-0.2, -0.15) is 0 Å². The Hall–Kier alpha value is -5.19. The number of likely N-dealkylation sites (N-methyl/N-ethyl adjacent to an activating group) is 1. The molecule has 6 heterocycles. The summed E-state index contributed by atoms with van der Waals surface area (Å²) in [6, 6.07) is 20.9. The molecular weight excluding hydrogens is 554 g/mol. The van der Waals surface area contributed by atoms with Crippen molar-refractivity contribution < 1.29 is 5.11 Å². The van der Waals surface area contributed by atoms with Gasteiger partial charge >= 0.3 is 0 Å². The minimum atomic E-state index is -0.297. The molecule has 0 bridgehead atoms. The zero-order valence-electron chi connectivity index (χ0n) is 24.6. The molecule has 0 aliphatic carbocycles. The van der Waals surface area contributed by atoms with Gasteiger partial charge in [-0.1, -0.05) is 18.2 Å². The number of nitrogens with zero attached hydrogens (tertiary/aromatic N) is 6. The molecule has 0 amide bonds. The average Bonchev–Trinajstić information content (AvgIpc) is 3.43. The van der Waals surface area contributed by atoms with Gasteiger partial charge < -0.3 is 29.2 Å². The molecule has 10 nitrogen and oxygen atoms in total. The summed E-state index contributed by atoms with van der Waals surface area (Å²) in [4.78, 5) is 36.1. The topological polar surface area (TPSA) is 100 Å². The third kappa shape index (κ3) is 4.83. The lowest BCUT2D eigenvalue weighted by molar-refractivity contribution is 0.282. The summed E-state index contributed by atoms with van der Waals surface area (Å²) in [6.45, 7) is 3.61. The van der Waals surface area contributed by atoms with E-state index in [9.17, 15) is 14.7 Å². The monoisotopic (exact) mass is 587 g/mol. The molecule has 44 heavy (non-hydrogen) atoms. The van der Waals surface area contributed by atoms with Crippen molar-refractivity contribution in [2.45, 2.75) is 6.61 Å². The highest BCUT2D eigenvalue weighted by atomic mass is 16.3. The molecule has 0 spiro atoms. The van der Waals surface area contributed by atoms with Crippen molar-refractivity contribution in [2.75, 3.05) is 43.4 Å². The number of piperazine rings is 1. The molecule has 1 aromatic carbocycles. The summed E-state index contributed by atoms with van der Waals surface area (Å²) < 4.78 is 5.07. The zero-order valence-corrected chi connectivity index (χ0v) is 24.6. The smallest absolute Gasteiger partial charge is 0.274 e. The van der Waals surface area contributed by atoms with Crippen LogP contribution in [0, 0.1) is 0 Å². The van der Waals surface area contributed by atoms with Gasteiger partial charge in [-0.15, -0.1) is 0 Å². The van der Waals surface area contributed by atoms with Gasteiger partial charge in [0.2, 0.25) is 0 Å². The van der Waals surface area contributed by atoms with E-state index in [1.54, 1.807) is 30.1 Å². The van der Waals surface area contributed by atoms with Crippen molar-refractivity contribution >= 4 is 33.6 Å². The lowest BCUT2D eigenvalue weighted by Gasteiger charge is -2.33. The van der Waals surface area contributed by atoms with Crippen LogP contribution in [-0.4, -0.2) is 61.8 Å². The van der Waals surface area contributed by atoms with Gasteiger partial charge in [-0.25, -0.2) is 4.98 Å². The highest BCUT2D eigenvalue weighted by molar-refractivity contribution is 5.86. The van der Waals surface area contributed by atoms with Crippen molar-refractivity contribution in [3.8, 4) is 16.8 Å². The Bertz CT molecular complexity index is 2120. The van der Waals surface area contributed by atoms with Crippen molar-refractivity contribution in [1.82, 2.24) is 23.4 Å². The molecule has 6 aromatic rings. The summed E-state index contributed by atoms with van der Waals surface area (Å²) >= 11 is 0. The average molecular weight is 588 g/mol. The first kappa shape index (κ1) is 27.6. The number of aromatic nitrogens is 4. The number of aliphatic hydroxyl groups excluding tert-OH is 1. The van der Waals surface area contributed by atoms with Gasteiger partial charge in [0.05, 0.1) is 35.1 Å². The lowest BCUT2D eigenvalue weighted by Crippen LogP contribution is -2.44. The normalized spacial score (nSPS) is 14.0. The highest BCUT2D eigenvalue weighted by Crippen LogP contribution is 2.30. The summed E-state index contributed by atoms with van der Waals surface area (Å²) in [5, 5.41) is 14.4. The fraction of sp³-hybridized carbons (Fsp3) is 0.206. The number of hydrogen-bond acceptors (Lipinski definition) is 7. The summed E-state index contributed by atoms with van der Waals surface area (Å²) in [5.74, 6) is 0.563. The molecule has 222 valence electrons. The molecule has 1 aliphatic heterocycles. The summed E-state index contributed by atoms with van der Waals surface area (Å²) in [7, 11) is 3.82. The van der Waals surface area contributed by atoms with E-state index in [2.05, 4.69) is 27.1 Å². The predicted molar refractivity (Wildman–Crippen MR) is 174 cm³/mol. The van der Waals surface area contributed by atoms with Gasteiger partial charge in [0.15, 0.2) is 0 Å². The predicted octanol–water partition coefficient (Wildman–Crippen LogP) is 3.99. The van der Waals surface area contributed by atoms with Crippen LogP contribution in [0.2, 0.25) is 0 Å². The number of fused-ring (bicyclic) bond motifs is 3. The van der Waals surface area contributed by atoms with Gasteiger partial charge in [0, 0.05) is 68.5 Å². The van der Waals surface area contributed by atoms with Crippen molar-refractivity contribution in [1.29, 1.82) is 0 Å². The summed E-state index contributed by atoms with van der Waals surface area (Å²) in [6.07, 6.45) is 7.25. The Balaban J connectivity index is 1.24. The number of anilines is 3. The number of rotatable bonds is 6. The van der Waals surface area contributed by atoms with Crippen LogP contribution in [-0.2, 0) is 13.7 Å². The van der Waals surface area contributed by atoms with Crippen molar-refractivity contribution in [3.63, 3.8) is 0 Å². The Morgan fingerprint density at radius 1 is 0.886 bits per heavy atom. The van der Waals surface area contributed by atoms with E-state index in [-0.39, 0.29) is 17.7 Å².